The van der Waals surface area contributed by atoms with Crippen molar-refractivity contribution in [3.8, 4) is 17.0 Å². The van der Waals surface area contributed by atoms with E-state index in [4.69, 9.17) is 27.9 Å². The first-order chi connectivity index (χ1) is 15.6. The predicted octanol–water partition coefficient (Wildman–Crippen LogP) is 5.73. The Morgan fingerprint density at radius 2 is 1.81 bits per heavy atom. The summed E-state index contributed by atoms with van der Waals surface area (Å²) in [7, 11) is 0. The number of nitrogens with zero attached hydrogens (tertiary/aromatic N) is 2. The summed E-state index contributed by atoms with van der Waals surface area (Å²) in [4.78, 5) is 12.4. The molecule has 0 saturated carbocycles. The summed E-state index contributed by atoms with van der Waals surface area (Å²) in [6.07, 6.45) is 1.45. The maximum absolute atomic E-state index is 12.4. The standard InChI is InChI=1S/C24H18Cl2N4O2/c25-18-11-10-17(20(26)12-18)14-27-30-24(31)22-13-21(28-29-22)19-8-4-5-9-23(19)32-15-16-6-2-1-3-7-16/h1-14H,15H2,(H,28,29)(H,30,31)/b27-14-. The first-order valence-electron chi connectivity index (χ1n) is 9.70. The Kier molecular flexibility index (Phi) is 6.84. The number of nitrogens with one attached hydrogen (secondary N) is 2. The number of aromatic nitrogens is 2. The summed E-state index contributed by atoms with van der Waals surface area (Å²) in [6.45, 7) is 0.428. The van der Waals surface area contributed by atoms with Crippen molar-refractivity contribution in [1.82, 2.24) is 15.6 Å². The van der Waals surface area contributed by atoms with E-state index < -0.39 is 5.91 Å². The van der Waals surface area contributed by atoms with Gasteiger partial charge in [-0.25, -0.2) is 5.43 Å². The molecule has 0 atom stereocenters. The third kappa shape index (κ3) is 5.35. The van der Waals surface area contributed by atoms with Gasteiger partial charge in [-0.15, -0.1) is 0 Å². The Morgan fingerprint density at radius 3 is 2.62 bits per heavy atom. The van der Waals surface area contributed by atoms with Gasteiger partial charge < -0.3 is 4.74 Å². The van der Waals surface area contributed by atoms with Crippen molar-refractivity contribution in [3.05, 3.63) is 106 Å². The smallest absolute Gasteiger partial charge is 0.289 e. The normalized spacial score (nSPS) is 10.9. The number of benzene rings is 3. The molecule has 2 N–H and O–H groups in total. The van der Waals surface area contributed by atoms with Crippen LogP contribution in [0.5, 0.6) is 5.75 Å². The molecule has 160 valence electrons. The lowest BCUT2D eigenvalue weighted by atomic mass is 10.1. The summed E-state index contributed by atoms with van der Waals surface area (Å²) < 4.78 is 5.98. The molecule has 6 nitrogen and oxygen atoms in total. The average Bonchev–Trinajstić information content (AvgIpc) is 3.30. The minimum Gasteiger partial charge on any atom is -0.488 e. The molecule has 4 aromatic rings. The number of carbonyl (C=O) groups excluding carboxylic acids is 1. The van der Waals surface area contributed by atoms with Crippen LogP contribution in [0.1, 0.15) is 21.6 Å². The van der Waals surface area contributed by atoms with Crippen molar-refractivity contribution < 1.29 is 9.53 Å². The minimum atomic E-state index is -0.437. The summed E-state index contributed by atoms with van der Waals surface area (Å²) in [5, 5.41) is 11.9. The van der Waals surface area contributed by atoms with Gasteiger partial charge in [-0.05, 0) is 35.9 Å². The Hall–Kier alpha value is -3.61. The number of hydrogen-bond donors (Lipinski definition) is 2. The van der Waals surface area contributed by atoms with Crippen molar-refractivity contribution in [2.45, 2.75) is 6.61 Å². The average molecular weight is 465 g/mol. The van der Waals surface area contributed by atoms with Gasteiger partial charge in [0.1, 0.15) is 18.1 Å². The fourth-order valence-electron chi connectivity index (χ4n) is 2.94. The van der Waals surface area contributed by atoms with Crippen LogP contribution in [0.3, 0.4) is 0 Å². The van der Waals surface area contributed by atoms with E-state index >= 15 is 0 Å². The van der Waals surface area contributed by atoms with E-state index in [-0.39, 0.29) is 5.69 Å². The molecule has 1 heterocycles. The third-order valence-corrected chi connectivity index (χ3v) is 5.12. The lowest BCUT2D eigenvalue weighted by molar-refractivity contribution is 0.0950. The number of H-pyrrole nitrogens is 1. The van der Waals surface area contributed by atoms with Crippen LogP contribution in [0, 0.1) is 0 Å². The van der Waals surface area contributed by atoms with Gasteiger partial charge in [0.25, 0.3) is 5.91 Å². The second-order valence-electron chi connectivity index (χ2n) is 6.80. The van der Waals surface area contributed by atoms with Crippen LogP contribution < -0.4 is 10.2 Å². The van der Waals surface area contributed by atoms with Crippen LogP contribution >= 0.6 is 23.2 Å². The number of halogens is 2. The lowest BCUT2D eigenvalue weighted by Crippen LogP contribution is -2.18. The van der Waals surface area contributed by atoms with Gasteiger partial charge in [0, 0.05) is 16.1 Å². The number of rotatable bonds is 7. The molecule has 8 heteroatoms. The summed E-state index contributed by atoms with van der Waals surface area (Å²) >= 11 is 12.0. The molecule has 4 rings (SSSR count). The van der Waals surface area contributed by atoms with Gasteiger partial charge in [-0.1, -0.05) is 71.7 Å². The molecule has 0 radical (unpaired) electrons. The molecule has 0 aliphatic heterocycles. The van der Waals surface area contributed by atoms with E-state index in [2.05, 4.69) is 20.7 Å². The molecular formula is C24H18Cl2N4O2. The lowest BCUT2D eigenvalue weighted by Gasteiger charge is -2.10. The number of ether oxygens (including phenoxy) is 1. The zero-order chi connectivity index (χ0) is 22.3. The molecule has 0 fully saturated rings. The van der Waals surface area contributed by atoms with Crippen LogP contribution in [0.2, 0.25) is 10.0 Å². The third-order valence-electron chi connectivity index (χ3n) is 4.55. The maximum atomic E-state index is 12.4. The second-order valence-corrected chi connectivity index (χ2v) is 7.65. The zero-order valence-electron chi connectivity index (χ0n) is 16.8. The van der Waals surface area contributed by atoms with E-state index in [1.807, 2.05) is 54.6 Å². The van der Waals surface area contributed by atoms with Crippen molar-refractivity contribution >= 4 is 35.3 Å². The first-order valence-corrected chi connectivity index (χ1v) is 10.5. The van der Waals surface area contributed by atoms with E-state index in [1.165, 1.54) is 6.21 Å². The van der Waals surface area contributed by atoms with Gasteiger partial charge in [0.05, 0.1) is 16.9 Å². The predicted molar refractivity (Wildman–Crippen MR) is 126 cm³/mol. The molecule has 1 aromatic heterocycles. The Balaban J connectivity index is 1.44. The largest absolute Gasteiger partial charge is 0.488 e. The van der Waals surface area contributed by atoms with Crippen molar-refractivity contribution in [3.63, 3.8) is 0 Å². The summed E-state index contributed by atoms with van der Waals surface area (Å²) in [5.41, 5.74) is 5.76. The van der Waals surface area contributed by atoms with Crippen molar-refractivity contribution in [1.29, 1.82) is 0 Å². The molecule has 0 aliphatic carbocycles. The van der Waals surface area contributed by atoms with Crippen molar-refractivity contribution in [2.24, 2.45) is 5.10 Å². The summed E-state index contributed by atoms with van der Waals surface area (Å²) in [5.74, 6) is 0.234. The fraction of sp³-hybridized carbons (Fsp3) is 0.0417. The van der Waals surface area contributed by atoms with Crippen LogP contribution in [0.4, 0.5) is 0 Å². The highest BCUT2D eigenvalue weighted by molar-refractivity contribution is 6.36. The van der Waals surface area contributed by atoms with Crippen LogP contribution in [-0.4, -0.2) is 22.3 Å². The monoisotopic (exact) mass is 464 g/mol. The van der Waals surface area contributed by atoms with Crippen LogP contribution in [0.15, 0.2) is 84.0 Å². The quantitative estimate of drug-likeness (QED) is 0.270. The number of carbonyl (C=O) groups is 1. The van der Waals surface area contributed by atoms with Gasteiger partial charge in [0.2, 0.25) is 0 Å². The Labute approximate surface area is 194 Å². The fourth-order valence-corrected chi connectivity index (χ4v) is 3.40. The van der Waals surface area contributed by atoms with E-state index in [1.54, 1.807) is 24.3 Å². The summed E-state index contributed by atoms with van der Waals surface area (Å²) in [6, 6.07) is 24.1. The Morgan fingerprint density at radius 1 is 1.03 bits per heavy atom. The van der Waals surface area contributed by atoms with E-state index in [0.29, 0.717) is 33.7 Å². The SMILES string of the molecule is O=C(N/N=C\c1ccc(Cl)cc1Cl)c1cc(-c2ccccc2OCc2ccccc2)n[nH]1. The highest BCUT2D eigenvalue weighted by Crippen LogP contribution is 2.29. The maximum Gasteiger partial charge on any atom is 0.289 e. The molecular weight excluding hydrogens is 447 g/mol. The van der Waals surface area contributed by atoms with E-state index in [0.717, 1.165) is 11.1 Å². The van der Waals surface area contributed by atoms with Crippen molar-refractivity contribution in [2.75, 3.05) is 0 Å². The number of amides is 1. The van der Waals surface area contributed by atoms with Crippen LogP contribution in [0.25, 0.3) is 11.3 Å². The first kappa shape index (κ1) is 21.6. The van der Waals surface area contributed by atoms with E-state index in [9.17, 15) is 4.79 Å². The number of aromatic amines is 1. The highest BCUT2D eigenvalue weighted by atomic mass is 35.5. The number of hydrazone groups is 1. The Bertz CT molecular complexity index is 1260. The molecule has 32 heavy (non-hydrogen) atoms. The highest BCUT2D eigenvalue weighted by Gasteiger charge is 2.14. The zero-order valence-corrected chi connectivity index (χ0v) is 18.3. The molecule has 3 aromatic carbocycles. The molecule has 0 spiro atoms. The molecule has 0 aliphatic rings. The van der Waals surface area contributed by atoms with Gasteiger partial charge in [0.15, 0.2) is 0 Å². The van der Waals surface area contributed by atoms with Gasteiger partial charge >= 0.3 is 0 Å². The minimum absolute atomic E-state index is 0.261. The second kappa shape index (κ2) is 10.1. The van der Waals surface area contributed by atoms with Crippen LogP contribution in [-0.2, 0) is 6.61 Å². The van der Waals surface area contributed by atoms with Gasteiger partial charge in [-0.3, -0.25) is 9.89 Å². The molecule has 0 saturated heterocycles. The molecule has 0 bridgehead atoms. The number of hydrogen-bond acceptors (Lipinski definition) is 4. The molecule has 1 amide bonds. The topological polar surface area (TPSA) is 79.4 Å². The van der Waals surface area contributed by atoms with Gasteiger partial charge in [-0.2, -0.15) is 10.2 Å². The molecule has 0 unspecified atom stereocenters. The number of para-hydroxylation sites is 1.